The molecule has 1 aromatic carbocycles. The highest BCUT2D eigenvalue weighted by Crippen LogP contribution is 2.25. The number of hydrogen-bond acceptors (Lipinski definition) is 5. The highest BCUT2D eigenvalue weighted by molar-refractivity contribution is 5.95. The monoisotopic (exact) mass is 252 g/mol. The summed E-state index contributed by atoms with van der Waals surface area (Å²) in [6.45, 7) is 2.26. The predicted molar refractivity (Wildman–Crippen MR) is 68.4 cm³/mol. The summed E-state index contributed by atoms with van der Waals surface area (Å²) >= 11 is 0. The van der Waals surface area contributed by atoms with Gasteiger partial charge in [-0.25, -0.2) is 5.01 Å². The molecule has 0 unspecified atom stereocenters. The van der Waals surface area contributed by atoms with E-state index in [1.165, 1.54) is 12.1 Å². The van der Waals surface area contributed by atoms with Crippen LogP contribution in [0.4, 0.5) is 11.4 Å². The molecule has 0 heterocycles. The Bertz CT molecular complexity index is 460. The number of anilines is 1. The fourth-order valence-corrected chi connectivity index (χ4v) is 1.42. The molecule has 0 bridgehead atoms. The molecule has 0 aliphatic heterocycles. The fourth-order valence-electron chi connectivity index (χ4n) is 1.42. The van der Waals surface area contributed by atoms with Gasteiger partial charge in [0.1, 0.15) is 5.69 Å². The molecule has 7 heteroatoms. The summed E-state index contributed by atoms with van der Waals surface area (Å²) in [5.41, 5.74) is 3.30. The van der Waals surface area contributed by atoms with E-state index in [0.29, 0.717) is 12.2 Å². The average molecular weight is 252 g/mol. The molecule has 0 aromatic heterocycles. The number of carbonyl (C=O) groups excluding carboxylic acids is 1. The first kappa shape index (κ1) is 13.9. The van der Waals surface area contributed by atoms with Gasteiger partial charge in [-0.05, 0) is 19.1 Å². The van der Waals surface area contributed by atoms with E-state index in [1.807, 2.05) is 0 Å². The number of benzene rings is 1. The van der Waals surface area contributed by atoms with Crippen LogP contribution in [0.25, 0.3) is 0 Å². The van der Waals surface area contributed by atoms with Gasteiger partial charge in [-0.15, -0.1) is 0 Å². The zero-order valence-corrected chi connectivity index (χ0v) is 10.6. The van der Waals surface area contributed by atoms with Crippen LogP contribution >= 0.6 is 0 Å². The third-order valence-corrected chi connectivity index (χ3v) is 2.14. The highest BCUT2D eigenvalue weighted by Gasteiger charge is 2.17. The molecule has 0 aliphatic carbocycles. The van der Waals surface area contributed by atoms with Crippen LogP contribution in [-0.4, -0.2) is 36.5 Å². The van der Waals surface area contributed by atoms with E-state index in [2.05, 4.69) is 10.7 Å². The van der Waals surface area contributed by atoms with Crippen molar-refractivity contribution in [2.24, 2.45) is 0 Å². The second-order valence-corrected chi connectivity index (χ2v) is 3.85. The van der Waals surface area contributed by atoms with E-state index in [1.54, 1.807) is 32.1 Å². The van der Waals surface area contributed by atoms with E-state index in [4.69, 9.17) is 0 Å². The summed E-state index contributed by atoms with van der Waals surface area (Å²) in [4.78, 5) is 22.0. The third-order valence-electron chi connectivity index (χ3n) is 2.14. The van der Waals surface area contributed by atoms with Crippen LogP contribution < -0.4 is 10.7 Å². The summed E-state index contributed by atoms with van der Waals surface area (Å²) in [6.07, 6.45) is 0. The van der Waals surface area contributed by atoms with Crippen molar-refractivity contribution in [1.29, 1.82) is 0 Å². The van der Waals surface area contributed by atoms with Gasteiger partial charge < -0.3 is 10.7 Å². The number of amides is 1. The predicted octanol–water partition coefficient (Wildman–Crippen LogP) is 1.23. The van der Waals surface area contributed by atoms with Crippen molar-refractivity contribution < 1.29 is 9.72 Å². The standard InChI is InChI=1S/C11H16N4O3/c1-4-12-11(16)8-5-6-9(13-14(2)3)10(7-8)15(17)18/h5-7,13H,4H2,1-3H3,(H,12,16). The number of rotatable bonds is 5. The third kappa shape index (κ3) is 3.42. The second kappa shape index (κ2) is 5.97. The Morgan fingerprint density at radius 1 is 1.44 bits per heavy atom. The van der Waals surface area contributed by atoms with E-state index in [9.17, 15) is 14.9 Å². The van der Waals surface area contributed by atoms with Gasteiger partial charge in [0.05, 0.1) is 4.92 Å². The molecule has 2 N–H and O–H groups in total. The van der Waals surface area contributed by atoms with Crippen molar-refractivity contribution in [3.63, 3.8) is 0 Å². The Balaban J connectivity index is 3.10. The molecule has 0 radical (unpaired) electrons. The Hall–Kier alpha value is -2.15. The largest absolute Gasteiger partial charge is 0.352 e. The lowest BCUT2D eigenvalue weighted by Crippen LogP contribution is -2.23. The van der Waals surface area contributed by atoms with Crippen LogP contribution in [0.1, 0.15) is 17.3 Å². The number of hydrazine groups is 1. The lowest BCUT2D eigenvalue weighted by molar-refractivity contribution is -0.384. The van der Waals surface area contributed by atoms with Crippen molar-refractivity contribution in [2.75, 3.05) is 26.1 Å². The molecule has 0 fully saturated rings. The zero-order chi connectivity index (χ0) is 13.7. The number of nitrogens with one attached hydrogen (secondary N) is 2. The van der Waals surface area contributed by atoms with Crippen molar-refractivity contribution in [3.05, 3.63) is 33.9 Å². The molecule has 0 spiro atoms. The van der Waals surface area contributed by atoms with Gasteiger partial charge in [0.15, 0.2) is 0 Å². The minimum absolute atomic E-state index is 0.132. The van der Waals surface area contributed by atoms with Crippen LogP contribution in [-0.2, 0) is 0 Å². The lowest BCUT2D eigenvalue weighted by Gasteiger charge is -2.14. The maximum absolute atomic E-state index is 11.6. The topological polar surface area (TPSA) is 87.5 Å². The molecule has 1 aromatic rings. The number of hydrogen-bond donors (Lipinski definition) is 2. The number of nitrogens with zero attached hydrogens (tertiary/aromatic N) is 2. The van der Waals surface area contributed by atoms with Gasteiger partial charge in [0.25, 0.3) is 11.6 Å². The average Bonchev–Trinajstić information content (AvgIpc) is 2.28. The minimum atomic E-state index is -0.519. The first-order valence-corrected chi connectivity index (χ1v) is 5.46. The van der Waals surface area contributed by atoms with Gasteiger partial charge in [0, 0.05) is 32.3 Å². The number of carbonyl (C=O) groups is 1. The smallest absolute Gasteiger partial charge is 0.294 e. The van der Waals surface area contributed by atoms with Gasteiger partial charge in [-0.1, -0.05) is 0 Å². The van der Waals surface area contributed by atoms with Crippen molar-refractivity contribution >= 4 is 17.3 Å². The number of nitro benzene ring substituents is 1. The van der Waals surface area contributed by atoms with Crippen LogP contribution in [0.3, 0.4) is 0 Å². The van der Waals surface area contributed by atoms with Gasteiger partial charge in [-0.3, -0.25) is 14.9 Å². The molecule has 0 saturated carbocycles. The second-order valence-electron chi connectivity index (χ2n) is 3.85. The molecular formula is C11H16N4O3. The maximum Gasteiger partial charge on any atom is 0.294 e. The van der Waals surface area contributed by atoms with Crippen LogP contribution in [0.15, 0.2) is 18.2 Å². The van der Waals surface area contributed by atoms with Crippen LogP contribution in [0, 0.1) is 10.1 Å². The Kier molecular flexibility index (Phi) is 4.61. The lowest BCUT2D eigenvalue weighted by atomic mass is 10.1. The van der Waals surface area contributed by atoms with E-state index in [0.717, 1.165) is 0 Å². The normalized spacial score (nSPS) is 10.2. The molecule has 1 rings (SSSR count). The van der Waals surface area contributed by atoms with Crippen LogP contribution in [0.2, 0.25) is 0 Å². The van der Waals surface area contributed by atoms with E-state index in [-0.39, 0.29) is 17.2 Å². The summed E-state index contributed by atoms with van der Waals surface area (Å²) in [6, 6.07) is 4.32. The molecule has 0 atom stereocenters. The van der Waals surface area contributed by atoms with E-state index >= 15 is 0 Å². The number of nitro groups is 1. The van der Waals surface area contributed by atoms with E-state index < -0.39 is 4.92 Å². The molecule has 7 nitrogen and oxygen atoms in total. The molecule has 0 saturated heterocycles. The summed E-state index contributed by atoms with van der Waals surface area (Å²) in [5, 5.41) is 15.1. The summed E-state index contributed by atoms with van der Waals surface area (Å²) in [5.74, 6) is -0.322. The van der Waals surface area contributed by atoms with Gasteiger partial charge >= 0.3 is 0 Å². The molecular weight excluding hydrogens is 236 g/mol. The Labute approximate surface area is 105 Å². The Morgan fingerprint density at radius 2 is 2.11 bits per heavy atom. The SMILES string of the molecule is CCNC(=O)c1ccc(NN(C)C)c([N+](=O)[O-])c1. The summed E-state index contributed by atoms with van der Waals surface area (Å²) in [7, 11) is 3.45. The van der Waals surface area contributed by atoms with Crippen molar-refractivity contribution in [3.8, 4) is 0 Å². The molecule has 1 amide bonds. The minimum Gasteiger partial charge on any atom is -0.352 e. The first-order chi connectivity index (χ1) is 8.45. The molecule has 18 heavy (non-hydrogen) atoms. The van der Waals surface area contributed by atoms with Crippen molar-refractivity contribution in [2.45, 2.75) is 6.92 Å². The highest BCUT2D eigenvalue weighted by atomic mass is 16.6. The quantitative estimate of drug-likeness (QED) is 0.608. The molecule has 0 aliphatic rings. The van der Waals surface area contributed by atoms with Gasteiger partial charge in [0.2, 0.25) is 0 Å². The zero-order valence-electron chi connectivity index (χ0n) is 10.6. The first-order valence-electron chi connectivity index (χ1n) is 5.46. The molecule has 98 valence electrons. The van der Waals surface area contributed by atoms with Crippen LogP contribution in [0.5, 0.6) is 0 Å². The van der Waals surface area contributed by atoms with Crippen molar-refractivity contribution in [1.82, 2.24) is 10.3 Å². The van der Waals surface area contributed by atoms with Gasteiger partial charge in [-0.2, -0.15) is 0 Å². The Morgan fingerprint density at radius 3 is 2.61 bits per heavy atom. The maximum atomic E-state index is 11.6. The fraction of sp³-hybridized carbons (Fsp3) is 0.364. The summed E-state index contributed by atoms with van der Waals surface area (Å²) < 4.78 is 0.